The van der Waals surface area contributed by atoms with Crippen LogP contribution >= 0.6 is 0 Å². The van der Waals surface area contributed by atoms with Gasteiger partial charge in [-0.15, -0.1) is 0 Å². The summed E-state index contributed by atoms with van der Waals surface area (Å²) < 4.78 is 5.55. The monoisotopic (exact) mass is 326 g/mol. The van der Waals surface area contributed by atoms with E-state index in [1.54, 1.807) is 0 Å². The molecule has 0 aromatic heterocycles. The second-order valence-corrected chi connectivity index (χ2v) is 8.12. The Morgan fingerprint density at radius 1 is 1.13 bits per heavy atom. The molecule has 5 nitrogen and oxygen atoms in total. The molecule has 3 atom stereocenters. The number of aliphatic hydroxyl groups is 1. The Bertz CT molecular complexity index is 381. The quantitative estimate of drug-likeness (QED) is 0.815. The van der Waals surface area contributed by atoms with E-state index in [4.69, 9.17) is 4.74 Å². The van der Waals surface area contributed by atoms with Crippen LogP contribution in [0.15, 0.2) is 0 Å². The molecule has 0 aromatic rings. The Hall–Kier alpha value is -0.810. The molecule has 0 radical (unpaired) electrons. The number of ether oxygens (including phenoxy) is 1. The van der Waals surface area contributed by atoms with Crippen molar-refractivity contribution in [3.8, 4) is 0 Å². The van der Waals surface area contributed by atoms with E-state index in [0.29, 0.717) is 18.4 Å². The van der Waals surface area contributed by atoms with Crippen LogP contribution in [0.25, 0.3) is 0 Å². The third-order valence-corrected chi connectivity index (χ3v) is 5.09. The lowest BCUT2D eigenvalue weighted by Crippen LogP contribution is -2.50. The first-order valence-electron chi connectivity index (χ1n) is 9.22. The fourth-order valence-electron chi connectivity index (χ4n) is 3.83. The first kappa shape index (κ1) is 18.5. The molecule has 0 bridgehead atoms. The van der Waals surface area contributed by atoms with Crippen LogP contribution in [0, 0.1) is 11.8 Å². The Morgan fingerprint density at radius 3 is 2.57 bits per heavy atom. The molecular weight excluding hydrogens is 292 g/mol. The number of hydrogen-bond acceptors (Lipinski definition) is 4. The zero-order valence-electron chi connectivity index (χ0n) is 15.0. The maximum atomic E-state index is 12.4. The molecule has 1 saturated heterocycles. The summed E-state index contributed by atoms with van der Waals surface area (Å²) in [4.78, 5) is 14.3. The van der Waals surface area contributed by atoms with Gasteiger partial charge in [0, 0.05) is 25.7 Å². The van der Waals surface area contributed by atoms with Gasteiger partial charge < -0.3 is 20.1 Å². The summed E-state index contributed by atoms with van der Waals surface area (Å²) in [5.41, 5.74) is -0.440. The van der Waals surface area contributed by atoms with Crippen molar-refractivity contribution in [3.05, 3.63) is 0 Å². The molecule has 2 fully saturated rings. The minimum absolute atomic E-state index is 0.182. The first-order chi connectivity index (χ1) is 10.9. The van der Waals surface area contributed by atoms with Crippen molar-refractivity contribution >= 4 is 6.09 Å². The lowest BCUT2D eigenvalue weighted by Gasteiger charge is -2.37. The molecule has 1 aliphatic heterocycles. The van der Waals surface area contributed by atoms with Crippen molar-refractivity contribution in [2.24, 2.45) is 11.8 Å². The summed E-state index contributed by atoms with van der Waals surface area (Å²) in [7, 11) is 0. The van der Waals surface area contributed by atoms with E-state index >= 15 is 0 Å². The van der Waals surface area contributed by atoms with Crippen LogP contribution in [-0.2, 0) is 4.74 Å². The van der Waals surface area contributed by atoms with Crippen LogP contribution in [0.2, 0.25) is 0 Å². The number of likely N-dealkylation sites (tertiary alicyclic amines) is 1. The lowest BCUT2D eigenvalue weighted by molar-refractivity contribution is 0.00982. The van der Waals surface area contributed by atoms with Gasteiger partial charge in [0.15, 0.2) is 0 Å². The molecule has 0 aromatic carbocycles. The smallest absolute Gasteiger partial charge is 0.410 e. The van der Waals surface area contributed by atoms with E-state index in [0.717, 1.165) is 38.9 Å². The summed E-state index contributed by atoms with van der Waals surface area (Å²) in [6.07, 6.45) is 6.68. The van der Waals surface area contributed by atoms with E-state index < -0.39 is 5.60 Å². The average molecular weight is 326 g/mol. The Labute approximate surface area is 140 Å². The number of piperidine rings is 1. The number of amides is 1. The highest BCUT2D eigenvalue weighted by Crippen LogP contribution is 2.30. The zero-order chi connectivity index (χ0) is 16.9. The SMILES string of the molecule is CC(C)(C)OC(=O)N1CCCCC1CNCC1CCCC1CO. The van der Waals surface area contributed by atoms with Gasteiger partial charge in [-0.25, -0.2) is 4.79 Å². The standard InChI is InChI=1S/C18H34N2O3/c1-18(2,3)23-17(22)20-10-5-4-9-16(20)12-19-11-14-7-6-8-15(14)13-21/h14-16,19,21H,4-13H2,1-3H3. The third-order valence-electron chi connectivity index (χ3n) is 5.09. The molecule has 1 amide bonds. The average Bonchev–Trinajstić information content (AvgIpc) is 2.93. The predicted octanol–water partition coefficient (Wildman–Crippen LogP) is 2.77. The maximum Gasteiger partial charge on any atom is 0.410 e. The topological polar surface area (TPSA) is 61.8 Å². The number of carbonyl (C=O) groups excluding carboxylic acids is 1. The van der Waals surface area contributed by atoms with E-state index in [1.807, 2.05) is 25.7 Å². The Morgan fingerprint density at radius 2 is 1.87 bits per heavy atom. The number of hydrogen-bond donors (Lipinski definition) is 2. The molecule has 2 N–H and O–H groups in total. The van der Waals surface area contributed by atoms with Crippen molar-refractivity contribution in [2.45, 2.75) is 70.9 Å². The highest BCUT2D eigenvalue weighted by Gasteiger charge is 2.31. The minimum atomic E-state index is -0.440. The first-order valence-corrected chi connectivity index (χ1v) is 9.22. The summed E-state index contributed by atoms with van der Waals surface area (Å²) in [5, 5.41) is 13.0. The normalized spacial score (nSPS) is 28.9. The third kappa shape index (κ3) is 5.64. The molecular formula is C18H34N2O3. The number of rotatable bonds is 5. The summed E-state index contributed by atoms with van der Waals surface area (Å²) in [6, 6.07) is 0.229. The largest absolute Gasteiger partial charge is 0.444 e. The highest BCUT2D eigenvalue weighted by molar-refractivity contribution is 5.68. The molecule has 1 heterocycles. The molecule has 134 valence electrons. The molecule has 3 unspecified atom stereocenters. The summed E-state index contributed by atoms with van der Waals surface area (Å²) in [5.74, 6) is 1.04. The Balaban J connectivity index is 1.80. The second kappa shape index (κ2) is 8.34. The van der Waals surface area contributed by atoms with Crippen molar-refractivity contribution in [3.63, 3.8) is 0 Å². The van der Waals surface area contributed by atoms with Crippen molar-refractivity contribution in [2.75, 3.05) is 26.2 Å². The van der Waals surface area contributed by atoms with Gasteiger partial charge in [-0.1, -0.05) is 6.42 Å². The van der Waals surface area contributed by atoms with Gasteiger partial charge >= 0.3 is 6.09 Å². The molecule has 23 heavy (non-hydrogen) atoms. The van der Waals surface area contributed by atoms with Crippen LogP contribution in [0.4, 0.5) is 4.79 Å². The van der Waals surface area contributed by atoms with Gasteiger partial charge in [-0.3, -0.25) is 0 Å². The fraction of sp³-hybridized carbons (Fsp3) is 0.944. The van der Waals surface area contributed by atoms with E-state index in [-0.39, 0.29) is 12.1 Å². The number of carbonyl (C=O) groups is 1. The van der Waals surface area contributed by atoms with Crippen molar-refractivity contribution < 1.29 is 14.6 Å². The van der Waals surface area contributed by atoms with E-state index in [1.165, 1.54) is 19.3 Å². The lowest BCUT2D eigenvalue weighted by atomic mass is 9.96. The van der Waals surface area contributed by atoms with Crippen LogP contribution in [0.3, 0.4) is 0 Å². The molecule has 0 spiro atoms. The van der Waals surface area contributed by atoms with Crippen molar-refractivity contribution in [1.29, 1.82) is 0 Å². The van der Waals surface area contributed by atoms with Gasteiger partial charge in [0.25, 0.3) is 0 Å². The summed E-state index contributed by atoms with van der Waals surface area (Å²) in [6.45, 7) is 8.62. The minimum Gasteiger partial charge on any atom is -0.444 e. The second-order valence-electron chi connectivity index (χ2n) is 8.12. The van der Waals surface area contributed by atoms with Crippen LogP contribution in [0.1, 0.15) is 59.3 Å². The van der Waals surface area contributed by atoms with Gasteiger partial charge in [0.2, 0.25) is 0 Å². The molecule has 2 rings (SSSR count). The molecule has 2 aliphatic rings. The number of nitrogens with one attached hydrogen (secondary N) is 1. The van der Waals surface area contributed by atoms with Crippen LogP contribution < -0.4 is 5.32 Å². The van der Waals surface area contributed by atoms with E-state index in [9.17, 15) is 9.90 Å². The number of nitrogens with zero attached hydrogens (tertiary/aromatic N) is 1. The molecule has 1 saturated carbocycles. The van der Waals surface area contributed by atoms with Gasteiger partial charge in [-0.2, -0.15) is 0 Å². The Kier molecular flexibility index (Phi) is 6.72. The van der Waals surface area contributed by atoms with Gasteiger partial charge in [0.1, 0.15) is 5.60 Å². The van der Waals surface area contributed by atoms with Crippen LogP contribution in [0.5, 0.6) is 0 Å². The van der Waals surface area contributed by atoms with Crippen molar-refractivity contribution in [1.82, 2.24) is 10.2 Å². The van der Waals surface area contributed by atoms with E-state index in [2.05, 4.69) is 5.32 Å². The number of aliphatic hydroxyl groups excluding tert-OH is 1. The van der Waals surface area contributed by atoms with Crippen LogP contribution in [-0.4, -0.2) is 54.0 Å². The fourth-order valence-corrected chi connectivity index (χ4v) is 3.83. The van der Waals surface area contributed by atoms with Gasteiger partial charge in [-0.05, 0) is 71.3 Å². The summed E-state index contributed by atoms with van der Waals surface area (Å²) >= 11 is 0. The maximum absolute atomic E-state index is 12.4. The van der Waals surface area contributed by atoms with Gasteiger partial charge in [0.05, 0.1) is 0 Å². The molecule has 1 aliphatic carbocycles. The zero-order valence-corrected chi connectivity index (χ0v) is 15.0. The predicted molar refractivity (Wildman–Crippen MR) is 91.4 cm³/mol. The highest BCUT2D eigenvalue weighted by atomic mass is 16.6. The molecule has 5 heteroatoms.